The summed E-state index contributed by atoms with van der Waals surface area (Å²) in [5.41, 5.74) is 4.94. The van der Waals surface area contributed by atoms with Gasteiger partial charge in [-0.15, -0.1) is 10.2 Å². The number of benzene rings is 2. The Hall–Kier alpha value is -2.34. The zero-order valence-electron chi connectivity index (χ0n) is 14.3. The van der Waals surface area contributed by atoms with Crippen molar-refractivity contribution in [1.29, 1.82) is 0 Å². The highest BCUT2D eigenvalue weighted by molar-refractivity contribution is 6.36. The summed E-state index contributed by atoms with van der Waals surface area (Å²) in [6.07, 6.45) is 0. The fourth-order valence-corrected chi connectivity index (χ4v) is 3.30. The van der Waals surface area contributed by atoms with Crippen LogP contribution in [0.4, 0.5) is 5.95 Å². The molecule has 0 saturated carbocycles. The number of fused-ring (bicyclic) bond motifs is 3. The standard InChI is InChI=1S/C19H14Cl3N5/c1-12-23-24-19-26(11-15(22)10-20)25-18(13-6-8-14(21)9-7-13)16-4-2-3-5-17(16)27(12)19/h2-10H,11H2,1H3. The Bertz CT molecular complexity index is 1050. The molecule has 0 unspecified atom stereocenters. The molecule has 3 aromatic rings. The summed E-state index contributed by atoms with van der Waals surface area (Å²) < 4.78 is 1.96. The molecule has 5 nitrogen and oxygen atoms in total. The Morgan fingerprint density at radius 1 is 1.07 bits per heavy atom. The van der Waals surface area contributed by atoms with Crippen LogP contribution in [-0.4, -0.2) is 27.0 Å². The van der Waals surface area contributed by atoms with Crippen molar-refractivity contribution in [3.63, 3.8) is 0 Å². The van der Waals surface area contributed by atoms with E-state index in [2.05, 4.69) is 10.2 Å². The van der Waals surface area contributed by atoms with Crippen LogP contribution in [0.5, 0.6) is 0 Å². The van der Waals surface area contributed by atoms with Crippen LogP contribution in [0.3, 0.4) is 0 Å². The van der Waals surface area contributed by atoms with E-state index in [0.29, 0.717) is 16.0 Å². The lowest BCUT2D eigenvalue weighted by molar-refractivity contribution is 0.850. The van der Waals surface area contributed by atoms with Gasteiger partial charge in [-0.3, -0.25) is 4.57 Å². The van der Waals surface area contributed by atoms with Crippen molar-refractivity contribution in [2.45, 2.75) is 6.92 Å². The maximum atomic E-state index is 6.19. The second kappa shape index (κ2) is 7.35. The van der Waals surface area contributed by atoms with E-state index in [1.165, 1.54) is 5.54 Å². The zero-order chi connectivity index (χ0) is 19.0. The van der Waals surface area contributed by atoms with Crippen LogP contribution in [0.15, 0.2) is 64.2 Å². The summed E-state index contributed by atoms with van der Waals surface area (Å²) >= 11 is 18.0. The van der Waals surface area contributed by atoms with Gasteiger partial charge in [0.2, 0.25) is 0 Å². The summed E-state index contributed by atoms with van der Waals surface area (Å²) in [4.78, 5) is 0. The summed E-state index contributed by atoms with van der Waals surface area (Å²) in [6.45, 7) is 2.17. The second-order valence-corrected chi connectivity index (χ2v) is 7.11. The molecule has 0 aliphatic carbocycles. The number of aryl methyl sites for hydroxylation is 1. The van der Waals surface area contributed by atoms with Gasteiger partial charge in [-0.25, -0.2) is 5.01 Å². The van der Waals surface area contributed by atoms with Gasteiger partial charge in [0.05, 0.1) is 17.3 Å². The molecular weight excluding hydrogens is 405 g/mol. The first kappa shape index (κ1) is 18.0. The lowest BCUT2D eigenvalue weighted by Crippen LogP contribution is -2.22. The van der Waals surface area contributed by atoms with E-state index < -0.39 is 0 Å². The van der Waals surface area contributed by atoms with Gasteiger partial charge >= 0.3 is 0 Å². The van der Waals surface area contributed by atoms with E-state index >= 15 is 0 Å². The van der Waals surface area contributed by atoms with Crippen molar-refractivity contribution in [1.82, 2.24) is 14.8 Å². The SMILES string of the molecule is Cc1nnc2n1-c1ccccc1C(c1ccc(Cl)cc1)=NN2CC(Cl)=CCl. The summed E-state index contributed by atoms with van der Waals surface area (Å²) in [7, 11) is 0. The first-order valence-electron chi connectivity index (χ1n) is 8.17. The minimum Gasteiger partial charge on any atom is -0.263 e. The molecule has 27 heavy (non-hydrogen) atoms. The number of para-hydroxylation sites is 1. The Labute approximate surface area is 171 Å². The van der Waals surface area contributed by atoms with Crippen molar-refractivity contribution in [2.24, 2.45) is 5.10 Å². The smallest absolute Gasteiger partial charge is 0.252 e. The predicted molar refractivity (Wildman–Crippen MR) is 110 cm³/mol. The van der Waals surface area contributed by atoms with Gasteiger partial charge in [0.25, 0.3) is 5.95 Å². The van der Waals surface area contributed by atoms with Crippen LogP contribution < -0.4 is 5.01 Å². The molecule has 0 atom stereocenters. The minimum atomic E-state index is 0.272. The van der Waals surface area contributed by atoms with Crippen LogP contribution in [0, 0.1) is 6.92 Å². The van der Waals surface area contributed by atoms with Crippen molar-refractivity contribution in [3.8, 4) is 5.69 Å². The van der Waals surface area contributed by atoms with Gasteiger partial charge in [-0.05, 0) is 25.1 Å². The Kier molecular flexibility index (Phi) is 4.91. The summed E-state index contributed by atoms with van der Waals surface area (Å²) in [5.74, 6) is 1.32. The Morgan fingerprint density at radius 2 is 1.81 bits per heavy atom. The van der Waals surface area contributed by atoms with Gasteiger partial charge in [0.1, 0.15) is 11.5 Å². The van der Waals surface area contributed by atoms with Crippen LogP contribution >= 0.6 is 34.8 Å². The zero-order valence-corrected chi connectivity index (χ0v) is 16.5. The molecule has 0 amide bonds. The summed E-state index contributed by atoms with van der Waals surface area (Å²) in [6, 6.07) is 15.6. The first-order chi connectivity index (χ1) is 13.1. The highest BCUT2D eigenvalue weighted by atomic mass is 35.5. The predicted octanol–water partition coefficient (Wildman–Crippen LogP) is 5.12. The Balaban J connectivity index is 1.98. The first-order valence-corrected chi connectivity index (χ1v) is 9.36. The molecule has 1 aromatic heterocycles. The average Bonchev–Trinajstić information content (AvgIpc) is 3.00. The van der Waals surface area contributed by atoms with E-state index in [0.717, 1.165) is 28.4 Å². The number of hydrazone groups is 1. The van der Waals surface area contributed by atoms with Crippen molar-refractivity contribution in [3.05, 3.63) is 81.1 Å². The maximum Gasteiger partial charge on any atom is 0.252 e. The molecular formula is C19H14Cl3N5. The summed E-state index contributed by atoms with van der Waals surface area (Å²) in [5, 5.41) is 16.2. The second-order valence-electron chi connectivity index (χ2n) is 5.97. The molecule has 0 saturated heterocycles. The third kappa shape index (κ3) is 3.34. The lowest BCUT2D eigenvalue weighted by atomic mass is 10.0. The van der Waals surface area contributed by atoms with E-state index in [1.54, 1.807) is 5.01 Å². The molecule has 1 aliphatic heterocycles. The molecule has 2 heterocycles. The average molecular weight is 419 g/mol. The maximum absolute atomic E-state index is 6.19. The fourth-order valence-electron chi connectivity index (χ4n) is 2.99. The number of nitrogens with zero attached hydrogens (tertiary/aromatic N) is 5. The molecule has 4 rings (SSSR count). The van der Waals surface area contributed by atoms with Gasteiger partial charge in [-0.1, -0.05) is 65.1 Å². The highest BCUT2D eigenvalue weighted by Gasteiger charge is 2.26. The molecule has 8 heteroatoms. The van der Waals surface area contributed by atoms with Crippen molar-refractivity contribution in [2.75, 3.05) is 11.6 Å². The molecule has 0 N–H and O–H groups in total. The largest absolute Gasteiger partial charge is 0.263 e. The Morgan fingerprint density at radius 3 is 2.56 bits per heavy atom. The molecule has 0 bridgehead atoms. The van der Waals surface area contributed by atoms with Gasteiger partial charge in [-0.2, -0.15) is 5.10 Å². The van der Waals surface area contributed by atoms with Crippen LogP contribution in [0.1, 0.15) is 17.0 Å². The molecule has 0 spiro atoms. The number of hydrogen-bond donors (Lipinski definition) is 0. The van der Waals surface area contributed by atoms with Gasteiger partial charge < -0.3 is 0 Å². The molecule has 1 aliphatic rings. The van der Waals surface area contributed by atoms with Crippen molar-refractivity contribution >= 4 is 46.5 Å². The number of halogens is 3. The molecule has 0 radical (unpaired) electrons. The van der Waals surface area contributed by atoms with Crippen LogP contribution in [-0.2, 0) is 0 Å². The van der Waals surface area contributed by atoms with Crippen molar-refractivity contribution < 1.29 is 0 Å². The van der Waals surface area contributed by atoms with Gasteiger partial charge in [0, 0.05) is 21.7 Å². The minimum absolute atomic E-state index is 0.272. The normalized spacial score (nSPS) is 13.7. The lowest BCUT2D eigenvalue weighted by Gasteiger charge is -2.17. The van der Waals surface area contributed by atoms with E-state index in [4.69, 9.17) is 39.9 Å². The number of rotatable bonds is 3. The monoisotopic (exact) mass is 417 g/mol. The third-order valence-corrected chi connectivity index (χ3v) is 5.05. The van der Waals surface area contributed by atoms with E-state index in [-0.39, 0.29) is 6.54 Å². The van der Waals surface area contributed by atoms with E-state index in [1.807, 2.05) is 60.0 Å². The molecule has 2 aromatic carbocycles. The fraction of sp³-hybridized carbons (Fsp3) is 0.105. The number of hydrogen-bond acceptors (Lipinski definition) is 4. The molecule has 136 valence electrons. The van der Waals surface area contributed by atoms with Gasteiger partial charge in [0.15, 0.2) is 0 Å². The topological polar surface area (TPSA) is 46.3 Å². The quantitative estimate of drug-likeness (QED) is 0.593. The highest BCUT2D eigenvalue weighted by Crippen LogP contribution is 2.30. The third-order valence-electron chi connectivity index (χ3n) is 4.20. The molecule has 0 fully saturated rings. The van der Waals surface area contributed by atoms with E-state index in [9.17, 15) is 0 Å². The van der Waals surface area contributed by atoms with Crippen LogP contribution in [0.2, 0.25) is 5.02 Å². The number of aromatic nitrogens is 3. The van der Waals surface area contributed by atoms with Crippen LogP contribution in [0.25, 0.3) is 5.69 Å². The number of anilines is 1.